The number of allylic oxidation sites excluding steroid dienone is 2. The van der Waals surface area contributed by atoms with E-state index in [-0.39, 0.29) is 4.91 Å². The van der Waals surface area contributed by atoms with Crippen LogP contribution in [0.25, 0.3) is 6.08 Å². The Balaban J connectivity index is 2.18. The first-order valence-electron chi connectivity index (χ1n) is 6.16. The number of hydrogen-bond donors (Lipinski definition) is 0. The van der Waals surface area contributed by atoms with Gasteiger partial charge in [0.05, 0.1) is 17.4 Å². The predicted molar refractivity (Wildman–Crippen MR) is 77.9 cm³/mol. The molecule has 1 saturated heterocycles. The summed E-state index contributed by atoms with van der Waals surface area (Å²) in [6, 6.07) is 9.52. The lowest BCUT2D eigenvalue weighted by Crippen LogP contribution is -2.40. The third-order valence-corrected chi connectivity index (χ3v) is 3.62. The molecule has 0 aliphatic carbocycles. The van der Waals surface area contributed by atoms with E-state index in [2.05, 4.69) is 0 Å². The van der Waals surface area contributed by atoms with Gasteiger partial charge in [0.1, 0.15) is 0 Å². The number of nitrogens with zero attached hydrogens (tertiary/aromatic N) is 1. The molecule has 1 aliphatic heterocycles. The van der Waals surface area contributed by atoms with Gasteiger partial charge in [-0.3, -0.25) is 14.5 Å². The van der Waals surface area contributed by atoms with E-state index in [1.807, 2.05) is 36.4 Å². The maximum absolute atomic E-state index is 11.9. The van der Waals surface area contributed by atoms with Crippen LogP contribution in [0.4, 0.5) is 4.79 Å². The molecule has 6 heteroatoms. The van der Waals surface area contributed by atoms with Crippen molar-refractivity contribution in [1.29, 1.82) is 0 Å². The van der Waals surface area contributed by atoms with Crippen molar-refractivity contribution in [3.8, 4) is 0 Å². The van der Waals surface area contributed by atoms with Crippen LogP contribution < -0.4 is 5.11 Å². The van der Waals surface area contributed by atoms with Crippen molar-refractivity contribution in [2.24, 2.45) is 0 Å². The molecule has 0 bridgehead atoms. The number of thioether (sulfide) groups is 1. The fraction of sp³-hybridized carbons (Fsp3) is 0.133. The number of rotatable bonds is 4. The maximum Gasteiger partial charge on any atom is 0.293 e. The number of carboxylic acids is 1. The van der Waals surface area contributed by atoms with Crippen LogP contribution in [0.5, 0.6) is 0 Å². The summed E-state index contributed by atoms with van der Waals surface area (Å²) in [4.78, 5) is 34.9. The normalized spacial score (nSPS) is 17.7. The Kier molecular flexibility index (Phi) is 4.59. The van der Waals surface area contributed by atoms with Crippen LogP contribution in [0.1, 0.15) is 12.5 Å². The summed E-state index contributed by atoms with van der Waals surface area (Å²) in [7, 11) is 0. The van der Waals surface area contributed by atoms with Gasteiger partial charge in [0.15, 0.2) is 0 Å². The number of aliphatic carboxylic acids is 1. The Bertz CT molecular complexity index is 649. The van der Waals surface area contributed by atoms with Crippen LogP contribution in [-0.2, 0) is 9.59 Å². The molecule has 1 aliphatic rings. The summed E-state index contributed by atoms with van der Waals surface area (Å²) < 4.78 is 0. The standard InChI is InChI=1S/C15H13NO4S/c1-10(7-11-5-3-2-4-6-11)8-12-14(19)16(9-13(17)18)15(20)21-12/h2-8H,9H2,1H3,(H,17,18)/p-1/b10-7-,12-8-. The lowest BCUT2D eigenvalue weighted by atomic mass is 10.1. The van der Waals surface area contributed by atoms with Gasteiger partial charge in [-0.2, -0.15) is 0 Å². The largest absolute Gasteiger partial charge is 0.548 e. The van der Waals surface area contributed by atoms with Crippen LogP contribution in [-0.4, -0.2) is 28.6 Å². The van der Waals surface area contributed by atoms with Gasteiger partial charge in [-0.25, -0.2) is 0 Å². The zero-order valence-corrected chi connectivity index (χ0v) is 12.1. The van der Waals surface area contributed by atoms with E-state index in [0.717, 1.165) is 22.9 Å². The van der Waals surface area contributed by atoms with Crippen LogP contribution in [0.2, 0.25) is 0 Å². The van der Waals surface area contributed by atoms with Crippen LogP contribution >= 0.6 is 11.8 Å². The fourth-order valence-electron chi connectivity index (χ4n) is 1.83. The second kappa shape index (κ2) is 6.41. The van der Waals surface area contributed by atoms with Crippen molar-refractivity contribution >= 4 is 35.0 Å². The zero-order chi connectivity index (χ0) is 15.4. The van der Waals surface area contributed by atoms with E-state index in [9.17, 15) is 19.5 Å². The predicted octanol–water partition coefficient (Wildman–Crippen LogP) is 1.42. The first kappa shape index (κ1) is 15.1. The molecule has 0 spiro atoms. The molecular weight excluding hydrogens is 290 g/mol. The minimum Gasteiger partial charge on any atom is -0.548 e. The van der Waals surface area contributed by atoms with Crippen molar-refractivity contribution in [2.75, 3.05) is 6.54 Å². The molecule has 0 radical (unpaired) electrons. The topological polar surface area (TPSA) is 77.5 Å². The maximum atomic E-state index is 11.9. The van der Waals surface area contributed by atoms with Gasteiger partial charge in [0.25, 0.3) is 11.1 Å². The van der Waals surface area contributed by atoms with Crippen LogP contribution in [0.15, 0.2) is 46.9 Å². The SMILES string of the molecule is CC(=C/c1ccccc1)/C=C1\SC(=O)N(CC(=O)[O-])C1=O. The van der Waals surface area contributed by atoms with E-state index in [4.69, 9.17) is 0 Å². The van der Waals surface area contributed by atoms with Gasteiger partial charge in [-0.05, 0) is 35.9 Å². The second-order valence-electron chi connectivity index (χ2n) is 4.44. The average molecular weight is 302 g/mol. The van der Waals surface area contributed by atoms with Crippen molar-refractivity contribution in [3.63, 3.8) is 0 Å². The number of benzene rings is 1. The fourth-order valence-corrected chi connectivity index (χ4v) is 2.71. The Hall–Kier alpha value is -2.34. The van der Waals surface area contributed by atoms with Gasteiger partial charge < -0.3 is 9.90 Å². The molecular formula is C15H12NO4S-. The molecule has 0 saturated carbocycles. The highest BCUT2D eigenvalue weighted by atomic mass is 32.2. The number of carbonyl (C=O) groups excluding carboxylic acids is 3. The molecule has 0 N–H and O–H groups in total. The van der Waals surface area contributed by atoms with E-state index < -0.39 is 23.7 Å². The van der Waals surface area contributed by atoms with Gasteiger partial charge >= 0.3 is 0 Å². The summed E-state index contributed by atoms with van der Waals surface area (Å²) in [6.45, 7) is 1.09. The number of carbonyl (C=O) groups is 3. The van der Waals surface area contributed by atoms with Crippen LogP contribution in [0.3, 0.4) is 0 Å². The third kappa shape index (κ3) is 3.82. The highest BCUT2D eigenvalue weighted by Gasteiger charge is 2.34. The van der Waals surface area contributed by atoms with Gasteiger partial charge in [0.2, 0.25) is 0 Å². The second-order valence-corrected chi connectivity index (χ2v) is 5.43. The summed E-state index contributed by atoms with van der Waals surface area (Å²) in [5.41, 5.74) is 1.76. The van der Waals surface area contributed by atoms with Gasteiger partial charge in [0, 0.05) is 0 Å². The first-order chi connectivity index (χ1) is 9.97. The Morgan fingerprint density at radius 3 is 2.57 bits per heavy atom. The molecule has 5 nitrogen and oxygen atoms in total. The van der Waals surface area contributed by atoms with Crippen LogP contribution in [0, 0.1) is 0 Å². The minimum absolute atomic E-state index is 0.214. The first-order valence-corrected chi connectivity index (χ1v) is 6.97. The van der Waals surface area contributed by atoms with E-state index in [0.29, 0.717) is 4.90 Å². The quantitative estimate of drug-likeness (QED) is 0.786. The summed E-state index contributed by atoms with van der Waals surface area (Å²) in [5.74, 6) is -2.06. The average Bonchev–Trinajstić information content (AvgIpc) is 2.67. The number of hydrogen-bond acceptors (Lipinski definition) is 5. The van der Waals surface area contributed by atoms with E-state index >= 15 is 0 Å². The Morgan fingerprint density at radius 2 is 1.95 bits per heavy atom. The lowest BCUT2D eigenvalue weighted by Gasteiger charge is -2.12. The number of amides is 2. The van der Waals surface area contributed by atoms with Crippen molar-refractivity contribution < 1.29 is 19.5 Å². The third-order valence-electron chi connectivity index (χ3n) is 2.71. The molecule has 1 heterocycles. The molecule has 108 valence electrons. The molecule has 0 aromatic heterocycles. The van der Waals surface area contributed by atoms with E-state index in [1.165, 1.54) is 0 Å². The molecule has 0 atom stereocenters. The molecule has 2 rings (SSSR count). The molecule has 21 heavy (non-hydrogen) atoms. The Morgan fingerprint density at radius 1 is 1.29 bits per heavy atom. The van der Waals surface area contributed by atoms with Crippen molar-refractivity contribution in [1.82, 2.24) is 4.90 Å². The minimum atomic E-state index is -1.46. The van der Waals surface area contributed by atoms with Gasteiger partial charge in [-0.1, -0.05) is 36.4 Å². The van der Waals surface area contributed by atoms with Crippen molar-refractivity contribution in [2.45, 2.75) is 6.92 Å². The van der Waals surface area contributed by atoms with Crippen molar-refractivity contribution in [3.05, 3.63) is 52.4 Å². The smallest absolute Gasteiger partial charge is 0.293 e. The Labute approximate surface area is 125 Å². The number of carboxylic acid groups (broad SMARTS) is 1. The molecule has 1 aromatic carbocycles. The summed E-state index contributed by atoms with van der Waals surface area (Å²) in [5, 5.41) is 9.92. The molecule has 2 amide bonds. The summed E-state index contributed by atoms with van der Waals surface area (Å²) in [6.07, 6.45) is 3.44. The highest BCUT2D eigenvalue weighted by molar-refractivity contribution is 8.18. The van der Waals surface area contributed by atoms with E-state index in [1.54, 1.807) is 13.0 Å². The lowest BCUT2D eigenvalue weighted by molar-refractivity contribution is -0.305. The zero-order valence-electron chi connectivity index (χ0n) is 11.2. The monoisotopic (exact) mass is 302 g/mol. The molecule has 0 unspecified atom stereocenters. The highest BCUT2D eigenvalue weighted by Crippen LogP contribution is 2.31. The molecule has 1 aromatic rings. The number of imide groups is 1. The molecule has 1 fully saturated rings. The van der Waals surface area contributed by atoms with Gasteiger partial charge in [-0.15, -0.1) is 0 Å². The summed E-state index contributed by atoms with van der Waals surface area (Å²) >= 11 is 0.729.